The van der Waals surface area contributed by atoms with Crippen molar-refractivity contribution in [3.05, 3.63) is 24.0 Å². The summed E-state index contributed by atoms with van der Waals surface area (Å²) in [5.74, 6) is -0.434. The van der Waals surface area contributed by atoms with Crippen molar-refractivity contribution in [3.63, 3.8) is 0 Å². The molecule has 6 heteroatoms. The maximum atomic E-state index is 12.4. The van der Waals surface area contributed by atoms with Gasteiger partial charge in [0.2, 0.25) is 0 Å². The van der Waals surface area contributed by atoms with Crippen molar-refractivity contribution in [2.45, 2.75) is 25.4 Å². The smallest absolute Gasteiger partial charge is 0.307 e. The number of methoxy groups -OCH3 is 1. The molecule has 1 amide bonds. The average Bonchev–Trinajstić information content (AvgIpc) is 3.14. The van der Waals surface area contributed by atoms with Gasteiger partial charge in [-0.1, -0.05) is 0 Å². The fourth-order valence-corrected chi connectivity index (χ4v) is 2.27. The lowest BCUT2D eigenvalue weighted by atomic mass is 10.2. The van der Waals surface area contributed by atoms with Gasteiger partial charge in [-0.2, -0.15) is 0 Å². The third kappa shape index (κ3) is 3.84. The van der Waals surface area contributed by atoms with Gasteiger partial charge in [0.1, 0.15) is 5.69 Å². The molecule has 1 unspecified atom stereocenters. The van der Waals surface area contributed by atoms with Crippen LogP contribution in [0, 0.1) is 0 Å². The molecule has 0 bridgehead atoms. The van der Waals surface area contributed by atoms with Crippen LogP contribution in [0.4, 0.5) is 0 Å². The van der Waals surface area contributed by atoms with Crippen LogP contribution in [0.1, 0.15) is 29.8 Å². The summed E-state index contributed by atoms with van der Waals surface area (Å²) in [4.78, 5) is 28.2. The molecule has 0 aliphatic carbocycles. The molecule has 110 valence electrons. The number of nitrogens with zero attached hydrogens (tertiary/aromatic N) is 1. The van der Waals surface area contributed by atoms with Crippen molar-refractivity contribution in [3.8, 4) is 0 Å². The standard InChI is InChI=1S/C14H20N2O4/c1-19-13(17)6-8-16(10-11-4-3-9-20-11)14(18)12-5-2-7-15-12/h2,5,7,11,15H,3-4,6,8-10H2,1H3. The van der Waals surface area contributed by atoms with Gasteiger partial charge in [0.25, 0.3) is 5.91 Å². The Kier molecular flexibility index (Phi) is 5.17. The molecule has 2 rings (SSSR count). The molecule has 1 atom stereocenters. The molecule has 1 aliphatic rings. The summed E-state index contributed by atoms with van der Waals surface area (Å²) < 4.78 is 10.2. The summed E-state index contributed by atoms with van der Waals surface area (Å²) in [7, 11) is 1.35. The van der Waals surface area contributed by atoms with E-state index in [4.69, 9.17) is 4.74 Å². The lowest BCUT2D eigenvalue weighted by Gasteiger charge is -2.24. The molecule has 1 aromatic heterocycles. The number of ether oxygens (including phenoxy) is 2. The second-order valence-electron chi connectivity index (χ2n) is 4.80. The van der Waals surface area contributed by atoms with E-state index in [1.54, 1.807) is 23.2 Å². The maximum Gasteiger partial charge on any atom is 0.307 e. The minimum absolute atomic E-state index is 0.0616. The SMILES string of the molecule is COC(=O)CCN(CC1CCCO1)C(=O)c1ccc[nH]1. The third-order valence-corrected chi connectivity index (χ3v) is 3.38. The van der Waals surface area contributed by atoms with Gasteiger partial charge in [-0.15, -0.1) is 0 Å². The summed E-state index contributed by atoms with van der Waals surface area (Å²) >= 11 is 0. The van der Waals surface area contributed by atoms with Crippen LogP contribution < -0.4 is 0 Å². The molecular weight excluding hydrogens is 260 g/mol. The van der Waals surface area contributed by atoms with Gasteiger partial charge in [0.15, 0.2) is 0 Å². The van der Waals surface area contributed by atoms with Crippen LogP contribution in [0.5, 0.6) is 0 Å². The highest BCUT2D eigenvalue weighted by Crippen LogP contribution is 2.15. The Hall–Kier alpha value is -1.82. The molecule has 1 N–H and O–H groups in total. The zero-order valence-corrected chi connectivity index (χ0v) is 11.6. The van der Waals surface area contributed by atoms with Gasteiger partial charge in [0.05, 0.1) is 19.6 Å². The van der Waals surface area contributed by atoms with E-state index in [9.17, 15) is 9.59 Å². The Morgan fingerprint density at radius 1 is 1.55 bits per heavy atom. The molecule has 20 heavy (non-hydrogen) atoms. The minimum atomic E-state index is -0.318. The quantitative estimate of drug-likeness (QED) is 0.795. The zero-order chi connectivity index (χ0) is 14.4. The normalized spacial score (nSPS) is 17.9. The number of carbonyl (C=O) groups is 2. The first kappa shape index (κ1) is 14.6. The number of hydrogen-bond acceptors (Lipinski definition) is 4. The van der Waals surface area contributed by atoms with Gasteiger partial charge in [-0.3, -0.25) is 9.59 Å². The zero-order valence-electron chi connectivity index (χ0n) is 11.6. The molecule has 2 heterocycles. The Morgan fingerprint density at radius 3 is 3.00 bits per heavy atom. The molecule has 1 aromatic rings. The van der Waals surface area contributed by atoms with Crippen LogP contribution in [0.25, 0.3) is 0 Å². The number of nitrogens with one attached hydrogen (secondary N) is 1. The number of esters is 1. The molecule has 1 aliphatic heterocycles. The topological polar surface area (TPSA) is 71.6 Å². The van der Waals surface area contributed by atoms with E-state index in [1.807, 2.05) is 0 Å². The van der Waals surface area contributed by atoms with E-state index in [0.717, 1.165) is 19.4 Å². The molecule has 6 nitrogen and oxygen atoms in total. The van der Waals surface area contributed by atoms with Crippen LogP contribution in [-0.2, 0) is 14.3 Å². The van der Waals surface area contributed by atoms with E-state index < -0.39 is 0 Å². The van der Waals surface area contributed by atoms with Crippen LogP contribution in [0.2, 0.25) is 0 Å². The summed E-state index contributed by atoms with van der Waals surface area (Å²) in [5.41, 5.74) is 0.521. The Labute approximate surface area is 118 Å². The van der Waals surface area contributed by atoms with Gasteiger partial charge in [-0.05, 0) is 25.0 Å². The van der Waals surface area contributed by atoms with Crippen LogP contribution in [-0.4, -0.2) is 54.7 Å². The number of aromatic amines is 1. The van der Waals surface area contributed by atoms with E-state index in [1.165, 1.54) is 7.11 Å². The van der Waals surface area contributed by atoms with E-state index in [2.05, 4.69) is 9.72 Å². The fourth-order valence-electron chi connectivity index (χ4n) is 2.27. The first-order valence-electron chi connectivity index (χ1n) is 6.82. The molecule has 0 radical (unpaired) electrons. The molecule has 1 saturated heterocycles. The highest BCUT2D eigenvalue weighted by molar-refractivity contribution is 5.92. The number of rotatable bonds is 6. The largest absolute Gasteiger partial charge is 0.469 e. The van der Waals surface area contributed by atoms with Crippen LogP contribution in [0.3, 0.4) is 0 Å². The monoisotopic (exact) mass is 280 g/mol. The highest BCUT2D eigenvalue weighted by atomic mass is 16.5. The highest BCUT2D eigenvalue weighted by Gasteiger charge is 2.24. The predicted octanol–water partition coefficient (Wildman–Crippen LogP) is 1.20. The maximum absolute atomic E-state index is 12.4. The summed E-state index contributed by atoms with van der Waals surface area (Å²) in [6.07, 6.45) is 3.93. The number of aromatic nitrogens is 1. The lowest BCUT2D eigenvalue weighted by Crippen LogP contribution is -2.39. The van der Waals surface area contributed by atoms with E-state index in [0.29, 0.717) is 18.8 Å². The van der Waals surface area contributed by atoms with Gasteiger partial charge >= 0.3 is 5.97 Å². The number of amides is 1. The first-order valence-corrected chi connectivity index (χ1v) is 6.82. The van der Waals surface area contributed by atoms with Crippen molar-refractivity contribution < 1.29 is 19.1 Å². The van der Waals surface area contributed by atoms with E-state index >= 15 is 0 Å². The summed E-state index contributed by atoms with van der Waals surface area (Å²) in [5, 5.41) is 0. The minimum Gasteiger partial charge on any atom is -0.469 e. The van der Waals surface area contributed by atoms with Gasteiger partial charge in [0, 0.05) is 25.9 Å². The number of hydrogen-bond donors (Lipinski definition) is 1. The molecular formula is C14H20N2O4. The fraction of sp³-hybridized carbons (Fsp3) is 0.571. The third-order valence-electron chi connectivity index (χ3n) is 3.38. The van der Waals surface area contributed by atoms with Crippen LogP contribution in [0.15, 0.2) is 18.3 Å². The molecule has 1 fully saturated rings. The summed E-state index contributed by atoms with van der Waals surface area (Å²) in [6, 6.07) is 3.50. The second-order valence-corrected chi connectivity index (χ2v) is 4.80. The lowest BCUT2D eigenvalue weighted by molar-refractivity contribution is -0.140. The van der Waals surface area contributed by atoms with Crippen LogP contribution >= 0.6 is 0 Å². The van der Waals surface area contributed by atoms with Crippen molar-refractivity contribution in [1.29, 1.82) is 0 Å². The second kappa shape index (κ2) is 7.09. The molecule has 0 spiro atoms. The van der Waals surface area contributed by atoms with Gasteiger partial charge in [-0.25, -0.2) is 0 Å². The Balaban J connectivity index is 1.98. The Morgan fingerprint density at radius 2 is 2.40 bits per heavy atom. The van der Waals surface area contributed by atoms with Gasteiger partial charge < -0.3 is 19.4 Å². The Bertz CT molecular complexity index is 438. The average molecular weight is 280 g/mol. The number of H-pyrrole nitrogens is 1. The van der Waals surface area contributed by atoms with Crippen molar-refractivity contribution in [2.24, 2.45) is 0 Å². The number of carbonyl (C=O) groups excluding carboxylic acids is 2. The molecule has 0 aromatic carbocycles. The van der Waals surface area contributed by atoms with E-state index in [-0.39, 0.29) is 24.4 Å². The molecule has 0 saturated carbocycles. The van der Waals surface area contributed by atoms with Crippen molar-refractivity contribution in [1.82, 2.24) is 9.88 Å². The predicted molar refractivity (Wildman–Crippen MR) is 72.3 cm³/mol. The van der Waals surface area contributed by atoms with Crippen molar-refractivity contribution in [2.75, 3.05) is 26.8 Å². The first-order chi connectivity index (χ1) is 9.70. The van der Waals surface area contributed by atoms with Crippen molar-refractivity contribution >= 4 is 11.9 Å². The summed E-state index contributed by atoms with van der Waals surface area (Å²) in [6.45, 7) is 1.59.